The summed E-state index contributed by atoms with van der Waals surface area (Å²) in [5, 5.41) is 6.24. The first kappa shape index (κ1) is 22.8. The molecule has 3 amide bonds. The Morgan fingerprint density at radius 2 is 2.12 bits per heavy atom. The summed E-state index contributed by atoms with van der Waals surface area (Å²) in [6.07, 6.45) is 5.53. The van der Waals surface area contributed by atoms with Crippen LogP contribution in [0.2, 0.25) is 5.02 Å². The van der Waals surface area contributed by atoms with Gasteiger partial charge in [0, 0.05) is 30.5 Å². The Morgan fingerprint density at radius 1 is 1.28 bits per heavy atom. The minimum atomic E-state index is -0.722. The van der Waals surface area contributed by atoms with Gasteiger partial charge in [0.1, 0.15) is 12.3 Å². The van der Waals surface area contributed by atoms with Gasteiger partial charge in [0.2, 0.25) is 17.7 Å². The van der Waals surface area contributed by atoms with Gasteiger partial charge in [-0.1, -0.05) is 30.2 Å². The number of benzene rings is 1. The van der Waals surface area contributed by atoms with Gasteiger partial charge < -0.3 is 20.3 Å². The number of halogens is 1. The van der Waals surface area contributed by atoms with Crippen molar-refractivity contribution in [3.05, 3.63) is 34.9 Å². The summed E-state index contributed by atoms with van der Waals surface area (Å²) in [7, 11) is 0. The third-order valence-corrected chi connectivity index (χ3v) is 7.42. The number of rotatable bonds is 8. The van der Waals surface area contributed by atoms with E-state index in [1.807, 2.05) is 18.2 Å². The zero-order chi connectivity index (χ0) is 22.7. The fraction of sp³-hybridized carbons (Fsp3) is 0.583. The van der Waals surface area contributed by atoms with Gasteiger partial charge in [-0.25, -0.2) is 0 Å². The van der Waals surface area contributed by atoms with Gasteiger partial charge in [0.05, 0.1) is 6.04 Å². The summed E-state index contributed by atoms with van der Waals surface area (Å²) >= 11 is 6.05. The maximum absolute atomic E-state index is 13.3. The fourth-order valence-corrected chi connectivity index (χ4v) is 5.79. The average Bonchev–Trinajstić information content (AvgIpc) is 3.47. The predicted molar refractivity (Wildman–Crippen MR) is 120 cm³/mol. The van der Waals surface area contributed by atoms with Crippen LogP contribution in [0.5, 0.6) is 0 Å². The molecule has 2 N–H and O–H groups in total. The van der Waals surface area contributed by atoms with E-state index < -0.39 is 12.1 Å². The maximum atomic E-state index is 13.3. The number of fused-ring (bicyclic) bond motifs is 1. The van der Waals surface area contributed by atoms with Crippen molar-refractivity contribution >= 4 is 35.6 Å². The molecule has 2 aliphatic heterocycles. The first-order valence-electron chi connectivity index (χ1n) is 11.5. The Balaban J connectivity index is 1.41. The van der Waals surface area contributed by atoms with Crippen LogP contribution in [0.3, 0.4) is 0 Å². The number of aldehydes is 1. The number of nitrogens with one attached hydrogen (secondary N) is 2. The van der Waals surface area contributed by atoms with E-state index in [2.05, 4.69) is 10.6 Å². The second kappa shape index (κ2) is 10.0. The first-order chi connectivity index (χ1) is 15.5. The molecule has 5 atom stereocenters. The van der Waals surface area contributed by atoms with Gasteiger partial charge in [0.15, 0.2) is 0 Å². The standard InChI is InChI=1S/C24H30ClN3O4/c25-18-5-1-3-15(11-18)7-8-21(30)28-13-17-4-2-6-20(17)22(28)24(32)27-19(14-29)12-16-9-10-26-23(16)31/h1,3,5,11,14,16-17,19-20,22H,2,4,6-10,12-13H2,(H,26,31)(H,27,32)/t16-,17-,19-,20+,22?/m0/s1. The van der Waals surface area contributed by atoms with Crippen molar-refractivity contribution in [3.63, 3.8) is 0 Å². The van der Waals surface area contributed by atoms with Crippen molar-refractivity contribution in [1.82, 2.24) is 15.5 Å². The molecule has 1 aromatic rings. The molecule has 0 radical (unpaired) electrons. The number of nitrogens with zero attached hydrogens (tertiary/aromatic N) is 1. The zero-order valence-corrected chi connectivity index (χ0v) is 18.9. The van der Waals surface area contributed by atoms with Crippen LogP contribution in [-0.2, 0) is 25.6 Å². The van der Waals surface area contributed by atoms with Gasteiger partial charge in [-0.2, -0.15) is 0 Å². The van der Waals surface area contributed by atoms with Gasteiger partial charge in [-0.05, 0) is 61.6 Å². The van der Waals surface area contributed by atoms with E-state index in [0.717, 1.165) is 24.8 Å². The molecule has 3 fully saturated rings. The zero-order valence-electron chi connectivity index (χ0n) is 18.1. The van der Waals surface area contributed by atoms with Crippen molar-refractivity contribution in [2.45, 2.75) is 57.0 Å². The molecule has 7 nitrogen and oxygen atoms in total. The van der Waals surface area contributed by atoms with Crippen molar-refractivity contribution in [3.8, 4) is 0 Å². The number of likely N-dealkylation sites (tertiary alicyclic amines) is 1. The molecule has 32 heavy (non-hydrogen) atoms. The lowest BCUT2D eigenvalue weighted by Gasteiger charge is -2.28. The number of amides is 3. The summed E-state index contributed by atoms with van der Waals surface area (Å²) in [5.41, 5.74) is 0.988. The highest BCUT2D eigenvalue weighted by Crippen LogP contribution is 2.42. The molecule has 1 unspecified atom stereocenters. The lowest BCUT2D eigenvalue weighted by molar-refractivity contribution is -0.140. The van der Waals surface area contributed by atoms with Crippen molar-refractivity contribution < 1.29 is 19.2 Å². The highest BCUT2D eigenvalue weighted by atomic mass is 35.5. The van der Waals surface area contributed by atoms with Gasteiger partial charge in [-0.15, -0.1) is 0 Å². The number of hydrogen-bond acceptors (Lipinski definition) is 4. The molecule has 0 aromatic heterocycles. The Kier molecular flexibility index (Phi) is 7.13. The summed E-state index contributed by atoms with van der Waals surface area (Å²) in [5.74, 6) is -0.184. The van der Waals surface area contributed by atoms with Crippen LogP contribution in [0.25, 0.3) is 0 Å². The van der Waals surface area contributed by atoms with E-state index in [1.54, 1.807) is 11.0 Å². The third kappa shape index (κ3) is 4.98. The summed E-state index contributed by atoms with van der Waals surface area (Å²) in [4.78, 5) is 51.6. The van der Waals surface area contributed by atoms with E-state index >= 15 is 0 Å². The Morgan fingerprint density at radius 3 is 2.84 bits per heavy atom. The normalized spacial score (nSPS) is 27.7. The summed E-state index contributed by atoms with van der Waals surface area (Å²) in [6.45, 7) is 1.19. The van der Waals surface area contributed by atoms with Crippen LogP contribution in [0.15, 0.2) is 24.3 Å². The molecule has 8 heteroatoms. The van der Waals surface area contributed by atoms with Crippen LogP contribution >= 0.6 is 11.6 Å². The quantitative estimate of drug-likeness (QED) is 0.582. The van der Waals surface area contributed by atoms with Gasteiger partial charge >= 0.3 is 0 Å². The topological polar surface area (TPSA) is 95.6 Å². The number of aryl methyl sites for hydroxylation is 1. The smallest absolute Gasteiger partial charge is 0.243 e. The molecule has 2 heterocycles. The minimum Gasteiger partial charge on any atom is -0.356 e. The average molecular weight is 460 g/mol. The molecule has 3 aliphatic rings. The van der Waals surface area contributed by atoms with E-state index in [4.69, 9.17) is 11.6 Å². The summed E-state index contributed by atoms with van der Waals surface area (Å²) < 4.78 is 0. The van der Waals surface area contributed by atoms with E-state index in [0.29, 0.717) is 56.0 Å². The molecular weight excluding hydrogens is 430 g/mol. The monoisotopic (exact) mass is 459 g/mol. The SMILES string of the molecule is O=C[C@H](C[C@@H]1CCNC1=O)NC(=O)C1[C@@H]2CCC[C@H]2CN1C(=O)CCc1cccc(Cl)c1. The van der Waals surface area contributed by atoms with Crippen LogP contribution in [0.4, 0.5) is 0 Å². The lowest BCUT2D eigenvalue weighted by Crippen LogP contribution is -2.52. The maximum Gasteiger partial charge on any atom is 0.243 e. The van der Waals surface area contributed by atoms with Crippen LogP contribution in [-0.4, -0.2) is 54.1 Å². The van der Waals surface area contributed by atoms with Crippen molar-refractivity contribution in [2.24, 2.45) is 17.8 Å². The molecule has 2 saturated heterocycles. The van der Waals surface area contributed by atoms with Crippen LogP contribution in [0.1, 0.15) is 44.1 Å². The molecule has 0 spiro atoms. The molecule has 1 aliphatic carbocycles. The second-order valence-electron chi connectivity index (χ2n) is 9.24. The number of hydrogen-bond donors (Lipinski definition) is 2. The molecule has 1 aromatic carbocycles. The summed E-state index contributed by atoms with van der Waals surface area (Å²) in [6, 6.07) is 6.19. The molecule has 172 valence electrons. The molecule has 0 bridgehead atoms. The predicted octanol–water partition coefficient (Wildman–Crippen LogP) is 2.11. The second-order valence-corrected chi connectivity index (χ2v) is 9.68. The number of carbonyl (C=O) groups is 4. The molecule has 1 saturated carbocycles. The Labute approximate surface area is 193 Å². The van der Waals surface area contributed by atoms with Gasteiger partial charge in [0.25, 0.3) is 0 Å². The van der Waals surface area contributed by atoms with Crippen molar-refractivity contribution in [1.29, 1.82) is 0 Å². The highest BCUT2D eigenvalue weighted by Gasteiger charge is 2.49. The third-order valence-electron chi connectivity index (χ3n) is 7.19. The number of carbonyl (C=O) groups excluding carboxylic acids is 4. The van der Waals surface area contributed by atoms with E-state index in [1.165, 1.54) is 0 Å². The van der Waals surface area contributed by atoms with E-state index in [-0.39, 0.29) is 29.6 Å². The van der Waals surface area contributed by atoms with Crippen LogP contribution in [0, 0.1) is 17.8 Å². The molecular formula is C24H30ClN3O4. The van der Waals surface area contributed by atoms with Gasteiger partial charge in [-0.3, -0.25) is 14.4 Å². The van der Waals surface area contributed by atoms with E-state index in [9.17, 15) is 19.2 Å². The Hall–Kier alpha value is -2.41. The highest BCUT2D eigenvalue weighted by molar-refractivity contribution is 6.30. The van der Waals surface area contributed by atoms with Crippen LogP contribution < -0.4 is 10.6 Å². The fourth-order valence-electron chi connectivity index (χ4n) is 5.58. The largest absolute Gasteiger partial charge is 0.356 e. The lowest BCUT2D eigenvalue weighted by atomic mass is 9.92. The van der Waals surface area contributed by atoms with Crippen molar-refractivity contribution in [2.75, 3.05) is 13.1 Å². The Bertz CT molecular complexity index is 892. The molecule has 4 rings (SSSR count). The first-order valence-corrected chi connectivity index (χ1v) is 11.9. The minimum absolute atomic E-state index is 0.0441.